The molecule has 2 aromatic rings. The van der Waals surface area contributed by atoms with Crippen molar-refractivity contribution in [3.63, 3.8) is 0 Å². The van der Waals surface area contributed by atoms with Crippen LogP contribution < -0.4 is 30.4 Å². The van der Waals surface area contributed by atoms with Crippen LogP contribution in [-0.2, 0) is 24.1 Å². The Labute approximate surface area is 155 Å². The van der Waals surface area contributed by atoms with Crippen molar-refractivity contribution in [2.75, 3.05) is 0 Å². The molecular formula is C12H8Cl2N2O6Zr. The van der Waals surface area contributed by atoms with Gasteiger partial charge in [0, 0.05) is 0 Å². The first-order valence-corrected chi connectivity index (χ1v) is 7.64. The van der Waals surface area contributed by atoms with Gasteiger partial charge in [0.25, 0.3) is 0 Å². The molecule has 0 amide bonds. The van der Waals surface area contributed by atoms with Crippen LogP contribution in [0.15, 0.2) is 48.5 Å². The van der Waals surface area contributed by atoms with Gasteiger partial charge >= 0.3 is 131 Å². The van der Waals surface area contributed by atoms with Gasteiger partial charge in [0.1, 0.15) is 0 Å². The smallest absolute Gasteiger partial charge is 1.00 e. The maximum Gasteiger partial charge on any atom is -1.00 e. The van der Waals surface area contributed by atoms with Gasteiger partial charge in [0.15, 0.2) is 0 Å². The standard InChI is InChI=1S/2C6H5NO3.2ClH.Zr/c2*8-6-3-1-5(2-4-6)7(9)10;;;/h2*1-4,8H;2*1H;/q;;;;+4/p-4. The minimum absolute atomic E-state index is 0. The van der Waals surface area contributed by atoms with Crippen LogP contribution in [0, 0.1) is 20.2 Å². The molecule has 0 N–H and O–H groups in total. The van der Waals surface area contributed by atoms with Crippen molar-refractivity contribution in [2.24, 2.45) is 0 Å². The van der Waals surface area contributed by atoms with Crippen molar-refractivity contribution in [3.8, 4) is 11.5 Å². The molecule has 23 heavy (non-hydrogen) atoms. The molecule has 0 fully saturated rings. The number of nitro benzene ring substituents is 2. The van der Waals surface area contributed by atoms with Gasteiger partial charge in [-0.15, -0.1) is 0 Å². The van der Waals surface area contributed by atoms with Crippen LogP contribution in [0.2, 0.25) is 0 Å². The average Bonchev–Trinajstić information content (AvgIpc) is 2.48. The van der Waals surface area contributed by atoms with Crippen molar-refractivity contribution < 1.29 is 64.4 Å². The predicted molar refractivity (Wildman–Crippen MR) is 67.4 cm³/mol. The summed E-state index contributed by atoms with van der Waals surface area (Å²) in [5.74, 6) is 0.989. The van der Waals surface area contributed by atoms with Crippen LogP contribution in [0.5, 0.6) is 11.5 Å². The summed E-state index contributed by atoms with van der Waals surface area (Å²) in [4.78, 5) is 20.0. The summed E-state index contributed by atoms with van der Waals surface area (Å²) >= 11 is -1.67. The number of nitrogens with zero attached hydrogens (tertiary/aromatic N) is 2. The molecule has 0 spiro atoms. The summed E-state index contributed by atoms with van der Waals surface area (Å²) < 4.78 is 10.8. The van der Waals surface area contributed by atoms with Crippen molar-refractivity contribution in [1.29, 1.82) is 0 Å². The molecular weight excluding hydrogens is 430 g/mol. The minimum Gasteiger partial charge on any atom is -1.00 e. The SMILES string of the molecule is O=[N+]([O-])c1ccc([O][Zr+2][O]c2ccc([N+](=O)[O-])cc2)cc1.[Cl-].[Cl-]. The fourth-order valence-corrected chi connectivity index (χ4v) is 2.63. The molecule has 0 unspecified atom stereocenters. The Bertz CT molecular complexity index is 596. The zero-order chi connectivity index (χ0) is 15.2. The van der Waals surface area contributed by atoms with Crippen LogP contribution >= 0.6 is 0 Å². The minimum atomic E-state index is -1.67. The van der Waals surface area contributed by atoms with Gasteiger partial charge in [0.05, 0.1) is 0 Å². The first-order chi connectivity index (χ1) is 10.1. The van der Waals surface area contributed by atoms with E-state index < -0.39 is 34.0 Å². The second-order valence-corrected chi connectivity index (χ2v) is 5.20. The molecule has 0 aromatic heterocycles. The summed E-state index contributed by atoms with van der Waals surface area (Å²) in [6, 6.07) is 11.4. The Morgan fingerprint density at radius 1 is 0.696 bits per heavy atom. The maximum atomic E-state index is 10.5. The molecule has 0 aliphatic rings. The van der Waals surface area contributed by atoms with Gasteiger partial charge in [-0.05, 0) is 0 Å². The monoisotopic (exact) mass is 436 g/mol. The Balaban J connectivity index is 0.00000242. The zero-order valence-corrected chi connectivity index (χ0v) is 15.2. The number of hydrogen-bond acceptors (Lipinski definition) is 6. The number of hydrogen-bond donors (Lipinski definition) is 0. The van der Waals surface area contributed by atoms with E-state index in [2.05, 4.69) is 0 Å². The van der Waals surface area contributed by atoms with Gasteiger partial charge in [-0.25, -0.2) is 0 Å². The summed E-state index contributed by atoms with van der Waals surface area (Å²) in [6.45, 7) is 0. The average molecular weight is 438 g/mol. The normalized spacial score (nSPS) is 8.70. The van der Waals surface area contributed by atoms with Crippen LogP contribution in [0.3, 0.4) is 0 Å². The molecule has 2 rings (SSSR count). The second kappa shape index (κ2) is 10.1. The van der Waals surface area contributed by atoms with E-state index in [4.69, 9.17) is 5.63 Å². The summed E-state index contributed by atoms with van der Waals surface area (Å²) in [5, 5.41) is 21.0. The van der Waals surface area contributed by atoms with Gasteiger partial charge in [0.2, 0.25) is 0 Å². The van der Waals surface area contributed by atoms with E-state index in [0.717, 1.165) is 0 Å². The Morgan fingerprint density at radius 3 is 1.26 bits per heavy atom. The first kappa shape index (κ1) is 21.3. The Morgan fingerprint density at radius 2 is 1.00 bits per heavy atom. The third-order valence-corrected chi connectivity index (χ3v) is 3.98. The van der Waals surface area contributed by atoms with Gasteiger partial charge in [-0.3, -0.25) is 0 Å². The number of non-ortho nitro benzene ring substituents is 2. The molecule has 0 atom stereocenters. The third-order valence-electron chi connectivity index (χ3n) is 2.41. The number of nitro groups is 2. The number of halogens is 2. The molecule has 120 valence electrons. The van der Waals surface area contributed by atoms with Gasteiger partial charge in [-0.1, -0.05) is 0 Å². The van der Waals surface area contributed by atoms with E-state index in [1.165, 1.54) is 48.5 Å². The Hall–Kier alpha value is -1.70. The molecule has 0 heterocycles. The van der Waals surface area contributed by atoms with Crippen LogP contribution in [0.4, 0.5) is 11.4 Å². The fraction of sp³-hybridized carbons (Fsp3) is 0. The van der Waals surface area contributed by atoms with E-state index in [1.54, 1.807) is 0 Å². The number of rotatable bonds is 6. The van der Waals surface area contributed by atoms with Gasteiger partial charge in [-0.2, -0.15) is 0 Å². The number of benzene rings is 2. The second-order valence-electron chi connectivity index (χ2n) is 3.79. The first-order valence-electron chi connectivity index (χ1n) is 5.64. The van der Waals surface area contributed by atoms with E-state index in [9.17, 15) is 20.2 Å². The predicted octanol–water partition coefficient (Wildman–Crippen LogP) is -3.12. The van der Waals surface area contributed by atoms with Crippen LogP contribution in [0.25, 0.3) is 0 Å². The molecule has 11 heteroatoms. The molecule has 0 aliphatic carbocycles. The molecule has 2 aromatic carbocycles. The fourth-order valence-electron chi connectivity index (χ4n) is 1.39. The summed E-state index contributed by atoms with van der Waals surface area (Å²) in [5.41, 5.74) is -0.0203. The molecule has 0 bridgehead atoms. The van der Waals surface area contributed by atoms with E-state index in [1.807, 2.05) is 0 Å². The molecule has 8 nitrogen and oxygen atoms in total. The van der Waals surface area contributed by atoms with E-state index >= 15 is 0 Å². The van der Waals surface area contributed by atoms with Crippen LogP contribution in [-0.4, -0.2) is 9.85 Å². The van der Waals surface area contributed by atoms with Crippen molar-refractivity contribution in [1.82, 2.24) is 0 Å². The molecule has 0 aliphatic heterocycles. The largest absolute Gasteiger partial charge is 1.00 e. The summed E-state index contributed by atoms with van der Waals surface area (Å²) in [7, 11) is 0. The molecule has 0 radical (unpaired) electrons. The maximum absolute atomic E-state index is 10.5. The van der Waals surface area contributed by atoms with E-state index in [-0.39, 0.29) is 36.2 Å². The Kier molecular flexibility index (Phi) is 9.40. The molecule has 0 saturated heterocycles. The quantitative estimate of drug-likeness (QED) is 0.349. The van der Waals surface area contributed by atoms with Crippen molar-refractivity contribution in [3.05, 3.63) is 68.8 Å². The topological polar surface area (TPSA) is 105 Å². The van der Waals surface area contributed by atoms with E-state index in [0.29, 0.717) is 11.5 Å². The summed E-state index contributed by atoms with van der Waals surface area (Å²) in [6.07, 6.45) is 0. The van der Waals surface area contributed by atoms with Crippen molar-refractivity contribution in [2.45, 2.75) is 0 Å². The van der Waals surface area contributed by atoms with Gasteiger partial charge < -0.3 is 24.8 Å². The third kappa shape index (κ3) is 6.52. The van der Waals surface area contributed by atoms with Crippen LogP contribution in [0.1, 0.15) is 0 Å². The molecule has 0 saturated carbocycles. The van der Waals surface area contributed by atoms with Crippen molar-refractivity contribution >= 4 is 11.4 Å². The zero-order valence-electron chi connectivity index (χ0n) is 11.2.